The summed E-state index contributed by atoms with van der Waals surface area (Å²) >= 11 is 1.52. The number of carbonyl (C=O) groups is 1. The van der Waals surface area contributed by atoms with Crippen molar-refractivity contribution in [2.45, 2.75) is 45.1 Å². The van der Waals surface area contributed by atoms with Gasteiger partial charge in [-0.25, -0.2) is 4.79 Å². The van der Waals surface area contributed by atoms with Crippen molar-refractivity contribution in [3.63, 3.8) is 0 Å². The molecule has 1 aromatic carbocycles. The number of ether oxygens (including phenoxy) is 2. The molecule has 0 aromatic heterocycles. The van der Waals surface area contributed by atoms with E-state index in [9.17, 15) is 9.69 Å². The maximum Gasteiger partial charge on any atom is 0.346 e. The molecule has 0 saturated heterocycles. The average Bonchev–Trinajstić information content (AvgIpc) is 2.54. The highest BCUT2D eigenvalue weighted by molar-refractivity contribution is 8.04. The summed E-state index contributed by atoms with van der Waals surface area (Å²) in [5.41, 5.74) is -0.863. The summed E-state index contributed by atoms with van der Waals surface area (Å²) in [5, 5.41) is 0.612. The highest BCUT2D eigenvalue weighted by Crippen LogP contribution is 2.35. The molecule has 0 aliphatic heterocycles. The van der Waals surface area contributed by atoms with Gasteiger partial charge in [-0.05, 0) is 32.9 Å². The highest BCUT2D eigenvalue weighted by atomic mass is 32.2. The summed E-state index contributed by atoms with van der Waals surface area (Å²) in [7, 11) is -1.75. The van der Waals surface area contributed by atoms with E-state index in [2.05, 4.69) is 0 Å². The van der Waals surface area contributed by atoms with Crippen LogP contribution < -0.4 is 4.89 Å². The smallest absolute Gasteiger partial charge is 0.346 e. The van der Waals surface area contributed by atoms with Gasteiger partial charge in [0.15, 0.2) is 5.49 Å². The Morgan fingerprint density at radius 2 is 1.88 bits per heavy atom. The van der Waals surface area contributed by atoms with E-state index in [1.807, 2.05) is 51.1 Å². The number of carbonyl (C=O) groups excluding carboxylic acids is 1. The molecule has 0 heterocycles. The van der Waals surface area contributed by atoms with Crippen LogP contribution in [-0.2, 0) is 14.3 Å². The normalized spacial score (nSPS) is 15.0. The zero-order valence-electron chi connectivity index (χ0n) is 15.1. The standard InChI is InChI=1S/C18H27O4PS/c1-6-21-17(19)18(5,22-7-2)16(14(3)4)23(20)13-24-15-11-9-8-10-12-15/h8-12,14H,6-7,13H2,1-5H3. The Morgan fingerprint density at radius 1 is 1.25 bits per heavy atom. The average molecular weight is 370 g/mol. The SMILES string of the molecule is CCOC(=O)C(C)(OCC)C(C(C)C)=[P+]([O-])CSc1ccccc1. The molecule has 134 valence electrons. The van der Waals surface area contributed by atoms with Crippen molar-refractivity contribution in [2.24, 2.45) is 5.92 Å². The van der Waals surface area contributed by atoms with E-state index in [1.165, 1.54) is 11.8 Å². The number of thioether (sulfide) groups is 1. The molecule has 1 rings (SSSR count). The van der Waals surface area contributed by atoms with Crippen LogP contribution in [0.15, 0.2) is 35.2 Å². The van der Waals surface area contributed by atoms with Gasteiger partial charge in [-0.1, -0.05) is 43.8 Å². The Bertz CT molecular complexity index is 559. The van der Waals surface area contributed by atoms with Crippen molar-refractivity contribution < 1.29 is 19.2 Å². The highest BCUT2D eigenvalue weighted by Gasteiger charge is 2.46. The lowest BCUT2D eigenvalue weighted by atomic mass is 9.93. The van der Waals surface area contributed by atoms with Gasteiger partial charge in [0.1, 0.15) is 5.29 Å². The predicted octanol–water partition coefficient (Wildman–Crippen LogP) is 3.68. The van der Waals surface area contributed by atoms with Gasteiger partial charge in [-0.15, -0.1) is 0 Å². The third kappa shape index (κ3) is 5.59. The molecule has 0 aliphatic carbocycles. The van der Waals surface area contributed by atoms with Gasteiger partial charge in [-0.3, -0.25) is 0 Å². The molecule has 2 atom stereocenters. The number of hydrogen-bond acceptors (Lipinski definition) is 5. The first kappa shape index (κ1) is 21.2. The molecule has 1 aromatic rings. The summed E-state index contributed by atoms with van der Waals surface area (Å²) in [4.78, 5) is 26.5. The summed E-state index contributed by atoms with van der Waals surface area (Å²) in [6.45, 7) is 9.73. The third-order valence-corrected chi connectivity index (χ3v) is 7.03. The zero-order valence-corrected chi connectivity index (χ0v) is 16.8. The Balaban J connectivity index is 3.12. The van der Waals surface area contributed by atoms with Gasteiger partial charge < -0.3 is 14.4 Å². The van der Waals surface area contributed by atoms with Crippen LogP contribution in [0.2, 0.25) is 0 Å². The quantitative estimate of drug-likeness (QED) is 0.377. The minimum atomic E-state index is -1.75. The second-order valence-electron chi connectivity index (χ2n) is 5.69. The Morgan fingerprint density at radius 3 is 2.38 bits per heavy atom. The molecule has 2 unspecified atom stereocenters. The van der Waals surface area contributed by atoms with Crippen molar-refractivity contribution in [3.8, 4) is 0 Å². The molecular weight excluding hydrogens is 343 g/mol. The van der Waals surface area contributed by atoms with Crippen LogP contribution in [0.5, 0.6) is 0 Å². The van der Waals surface area contributed by atoms with E-state index in [4.69, 9.17) is 9.47 Å². The van der Waals surface area contributed by atoms with Crippen molar-refractivity contribution >= 4 is 30.8 Å². The number of hydrogen-bond donors (Lipinski definition) is 0. The maximum absolute atomic E-state index is 13.0. The van der Waals surface area contributed by atoms with E-state index in [0.717, 1.165) is 4.90 Å². The molecular formula is C18H27O4PS. The summed E-state index contributed by atoms with van der Waals surface area (Å²) in [6.07, 6.45) is 0. The van der Waals surface area contributed by atoms with E-state index < -0.39 is 19.3 Å². The monoisotopic (exact) mass is 370 g/mol. The van der Waals surface area contributed by atoms with E-state index in [1.54, 1.807) is 13.8 Å². The molecule has 0 saturated carbocycles. The van der Waals surface area contributed by atoms with Gasteiger partial charge in [0.25, 0.3) is 0 Å². The molecule has 4 nitrogen and oxygen atoms in total. The van der Waals surface area contributed by atoms with Crippen LogP contribution in [0.4, 0.5) is 0 Å². The number of benzene rings is 1. The fraction of sp³-hybridized carbons (Fsp3) is 0.556. The second kappa shape index (κ2) is 10.2. The molecule has 6 heteroatoms. The zero-order chi connectivity index (χ0) is 18.2. The lowest BCUT2D eigenvalue weighted by Gasteiger charge is -2.29. The van der Waals surface area contributed by atoms with Gasteiger partial charge in [0, 0.05) is 17.4 Å². The van der Waals surface area contributed by atoms with Crippen LogP contribution in [0, 0.1) is 5.92 Å². The minimum Gasteiger partial charge on any atom is -0.630 e. The van der Waals surface area contributed by atoms with Gasteiger partial charge in [0.2, 0.25) is 5.60 Å². The molecule has 0 fully saturated rings. The number of esters is 1. The molecule has 0 radical (unpaired) electrons. The fourth-order valence-corrected chi connectivity index (χ4v) is 5.77. The van der Waals surface area contributed by atoms with Crippen LogP contribution in [0.1, 0.15) is 34.6 Å². The van der Waals surface area contributed by atoms with E-state index in [0.29, 0.717) is 17.4 Å². The first-order chi connectivity index (χ1) is 11.4. The molecule has 0 N–H and O–H groups in total. The Hall–Kier alpha value is -0.870. The molecule has 0 spiro atoms. The molecule has 0 bridgehead atoms. The lowest BCUT2D eigenvalue weighted by Crippen LogP contribution is -2.50. The van der Waals surface area contributed by atoms with Crippen molar-refractivity contribution in [1.29, 1.82) is 0 Å². The fourth-order valence-electron chi connectivity index (χ4n) is 2.59. The van der Waals surface area contributed by atoms with Crippen molar-refractivity contribution in [2.75, 3.05) is 18.7 Å². The van der Waals surface area contributed by atoms with Gasteiger partial charge in [-0.2, -0.15) is 0 Å². The van der Waals surface area contributed by atoms with Crippen LogP contribution in [-0.4, -0.2) is 35.6 Å². The third-order valence-electron chi connectivity index (χ3n) is 3.49. The van der Waals surface area contributed by atoms with E-state index >= 15 is 0 Å². The van der Waals surface area contributed by atoms with Crippen LogP contribution >= 0.6 is 19.5 Å². The van der Waals surface area contributed by atoms with Gasteiger partial charge in [0.05, 0.1) is 14.4 Å². The topological polar surface area (TPSA) is 58.6 Å². The van der Waals surface area contributed by atoms with E-state index in [-0.39, 0.29) is 12.5 Å². The second-order valence-corrected chi connectivity index (χ2v) is 8.72. The largest absolute Gasteiger partial charge is 0.630 e. The molecule has 0 amide bonds. The van der Waals surface area contributed by atoms with Gasteiger partial charge >= 0.3 is 5.97 Å². The van der Waals surface area contributed by atoms with Crippen molar-refractivity contribution in [1.82, 2.24) is 0 Å². The summed E-state index contributed by atoms with van der Waals surface area (Å²) in [6, 6.07) is 9.81. The Kier molecular flexibility index (Phi) is 8.99. The summed E-state index contributed by atoms with van der Waals surface area (Å²) in [5.74, 6) is -0.519. The lowest BCUT2D eigenvalue weighted by molar-refractivity contribution is -0.163. The summed E-state index contributed by atoms with van der Waals surface area (Å²) < 4.78 is 10.9. The minimum absolute atomic E-state index is 0.0501. The number of rotatable bonds is 9. The van der Waals surface area contributed by atoms with Crippen molar-refractivity contribution in [3.05, 3.63) is 30.3 Å². The van der Waals surface area contributed by atoms with Crippen LogP contribution in [0.25, 0.3) is 0 Å². The van der Waals surface area contributed by atoms with Crippen LogP contribution in [0.3, 0.4) is 0 Å². The Labute approximate surface area is 150 Å². The molecule has 0 aliphatic rings. The first-order valence-corrected chi connectivity index (χ1v) is 10.6. The first-order valence-electron chi connectivity index (χ1n) is 8.17. The maximum atomic E-state index is 13.0. The predicted molar refractivity (Wildman–Crippen MR) is 101 cm³/mol. The molecule has 24 heavy (non-hydrogen) atoms.